The Kier molecular flexibility index (Phi) is 4.82. The lowest BCUT2D eigenvalue weighted by Gasteiger charge is -2.12. The van der Waals surface area contributed by atoms with Gasteiger partial charge in [0.2, 0.25) is 5.91 Å². The molecule has 0 aliphatic heterocycles. The van der Waals surface area contributed by atoms with Crippen molar-refractivity contribution in [1.82, 2.24) is 14.5 Å². The fourth-order valence-corrected chi connectivity index (χ4v) is 4.43. The van der Waals surface area contributed by atoms with Gasteiger partial charge in [0.15, 0.2) is 5.82 Å². The minimum absolute atomic E-state index is 0.00406. The Labute approximate surface area is 182 Å². The van der Waals surface area contributed by atoms with E-state index in [4.69, 9.17) is 17.3 Å². The van der Waals surface area contributed by atoms with Crippen molar-refractivity contribution >= 4 is 40.0 Å². The van der Waals surface area contributed by atoms with Crippen molar-refractivity contribution in [2.45, 2.75) is 25.7 Å². The average Bonchev–Trinajstić information content (AvgIpc) is 3.34. The zero-order chi connectivity index (χ0) is 21.5. The summed E-state index contributed by atoms with van der Waals surface area (Å²) in [6, 6.07) is 12.1. The number of carbonyl (C=O) groups excluding carboxylic acids is 1. The molecule has 3 N–H and O–H groups in total. The summed E-state index contributed by atoms with van der Waals surface area (Å²) in [6.45, 7) is 0. The monoisotopic (exact) mass is 435 g/mol. The molecule has 2 aromatic heterocycles. The fraction of sp³-hybridized carbons (Fsp3) is 0.174. The molecule has 6 nitrogen and oxygen atoms in total. The molecule has 0 fully saturated rings. The molecule has 8 heteroatoms. The maximum Gasteiger partial charge on any atom is 0.228 e. The van der Waals surface area contributed by atoms with Gasteiger partial charge in [-0.05, 0) is 60.7 Å². The third kappa shape index (κ3) is 3.41. The molecular weight excluding hydrogens is 417 g/mol. The first-order valence-corrected chi connectivity index (χ1v) is 10.4. The summed E-state index contributed by atoms with van der Waals surface area (Å²) in [5.41, 5.74) is 12.1. The highest BCUT2D eigenvalue weighted by Crippen LogP contribution is 2.36. The lowest BCUT2D eigenvalue weighted by atomic mass is 10.1. The van der Waals surface area contributed by atoms with Gasteiger partial charge < -0.3 is 15.6 Å². The van der Waals surface area contributed by atoms with E-state index in [1.54, 1.807) is 12.1 Å². The van der Waals surface area contributed by atoms with E-state index in [0.29, 0.717) is 11.5 Å². The summed E-state index contributed by atoms with van der Waals surface area (Å²) in [5.74, 6) is -0.443. The van der Waals surface area contributed by atoms with Crippen molar-refractivity contribution in [2.24, 2.45) is 0 Å². The molecule has 4 aromatic rings. The van der Waals surface area contributed by atoms with Crippen LogP contribution in [0.4, 0.5) is 15.9 Å². The minimum Gasteiger partial charge on any atom is -0.382 e. The number of aryl methyl sites for hydroxylation is 1. The summed E-state index contributed by atoms with van der Waals surface area (Å²) < 4.78 is 16.2. The van der Waals surface area contributed by atoms with Crippen molar-refractivity contribution < 1.29 is 9.18 Å². The second-order valence-corrected chi connectivity index (χ2v) is 7.96. The Morgan fingerprint density at radius 2 is 1.97 bits per heavy atom. The van der Waals surface area contributed by atoms with Crippen molar-refractivity contribution in [2.75, 3.05) is 11.1 Å². The first-order valence-electron chi connectivity index (χ1n) is 9.98. The van der Waals surface area contributed by atoms with E-state index in [2.05, 4.69) is 19.9 Å². The molecule has 0 saturated heterocycles. The van der Waals surface area contributed by atoms with Crippen molar-refractivity contribution in [3.63, 3.8) is 0 Å². The van der Waals surface area contributed by atoms with E-state index >= 15 is 0 Å². The molecule has 0 spiro atoms. The van der Waals surface area contributed by atoms with Gasteiger partial charge >= 0.3 is 0 Å². The molecule has 0 radical (unpaired) electrons. The number of amides is 1. The molecule has 5 rings (SSSR count). The third-order valence-corrected chi connectivity index (χ3v) is 5.90. The van der Waals surface area contributed by atoms with Crippen LogP contribution in [0.5, 0.6) is 0 Å². The predicted octanol–water partition coefficient (Wildman–Crippen LogP) is 4.47. The third-order valence-electron chi connectivity index (χ3n) is 5.61. The predicted molar refractivity (Wildman–Crippen MR) is 119 cm³/mol. The lowest BCUT2D eigenvalue weighted by Crippen LogP contribution is -2.15. The zero-order valence-corrected chi connectivity index (χ0v) is 17.3. The van der Waals surface area contributed by atoms with Gasteiger partial charge in [-0.15, -0.1) is 0 Å². The van der Waals surface area contributed by atoms with Crippen molar-refractivity contribution in [3.05, 3.63) is 76.5 Å². The number of rotatable bonds is 4. The number of nitrogen functional groups attached to an aromatic ring is 1. The first kappa shape index (κ1) is 19.5. The zero-order valence-electron chi connectivity index (χ0n) is 16.5. The number of anilines is 2. The Morgan fingerprint density at radius 3 is 2.77 bits per heavy atom. The van der Waals surface area contributed by atoms with Crippen LogP contribution >= 0.6 is 11.6 Å². The van der Waals surface area contributed by atoms with Crippen LogP contribution in [0.25, 0.3) is 16.7 Å². The molecule has 2 heterocycles. The van der Waals surface area contributed by atoms with Crippen LogP contribution in [-0.4, -0.2) is 20.4 Å². The van der Waals surface area contributed by atoms with Crippen LogP contribution in [0.1, 0.15) is 23.2 Å². The van der Waals surface area contributed by atoms with Crippen LogP contribution in [0, 0.1) is 5.82 Å². The minimum atomic E-state index is -0.567. The van der Waals surface area contributed by atoms with Crippen LogP contribution in [0.3, 0.4) is 0 Å². The van der Waals surface area contributed by atoms with Crippen LogP contribution in [0.15, 0.2) is 48.8 Å². The summed E-state index contributed by atoms with van der Waals surface area (Å²) in [7, 11) is 0. The van der Waals surface area contributed by atoms with E-state index in [9.17, 15) is 9.18 Å². The van der Waals surface area contributed by atoms with Gasteiger partial charge in [-0.1, -0.05) is 23.7 Å². The number of nitrogens with two attached hydrogens (primary N) is 1. The lowest BCUT2D eigenvalue weighted by molar-refractivity contribution is -0.115. The summed E-state index contributed by atoms with van der Waals surface area (Å²) in [6.07, 6.45) is 4.41. The maximum absolute atomic E-state index is 14.0. The van der Waals surface area contributed by atoms with E-state index in [-0.39, 0.29) is 22.9 Å². The van der Waals surface area contributed by atoms with Crippen LogP contribution < -0.4 is 11.1 Å². The summed E-state index contributed by atoms with van der Waals surface area (Å²) in [5, 5.41) is 2.81. The summed E-state index contributed by atoms with van der Waals surface area (Å²) in [4.78, 5) is 21.0. The second-order valence-electron chi connectivity index (χ2n) is 7.56. The highest BCUT2D eigenvalue weighted by Gasteiger charge is 2.25. The quantitative estimate of drug-likeness (QED) is 0.495. The molecular formula is C23H19ClFN5O. The summed E-state index contributed by atoms with van der Waals surface area (Å²) >= 11 is 5.79. The number of hydrogen-bond acceptors (Lipinski definition) is 4. The normalized spacial score (nSPS) is 12.8. The largest absolute Gasteiger partial charge is 0.382 e. The number of hydrogen-bond donors (Lipinski definition) is 2. The number of carbonyl (C=O) groups is 1. The Morgan fingerprint density at radius 1 is 1.16 bits per heavy atom. The van der Waals surface area contributed by atoms with Gasteiger partial charge in [0, 0.05) is 17.1 Å². The Bertz CT molecular complexity index is 1320. The highest BCUT2D eigenvalue weighted by molar-refractivity contribution is 6.30. The van der Waals surface area contributed by atoms with E-state index in [1.165, 1.54) is 23.7 Å². The van der Waals surface area contributed by atoms with Crippen LogP contribution in [-0.2, 0) is 24.1 Å². The number of aromatic nitrogens is 3. The van der Waals surface area contributed by atoms with Crippen LogP contribution in [0.2, 0.25) is 5.02 Å². The maximum atomic E-state index is 14.0. The molecule has 1 aliphatic rings. The molecule has 1 amide bonds. The molecule has 156 valence electrons. The second kappa shape index (κ2) is 7.67. The first-order chi connectivity index (χ1) is 15.0. The van der Waals surface area contributed by atoms with Gasteiger partial charge in [0.05, 0.1) is 17.0 Å². The Balaban J connectivity index is 1.41. The SMILES string of the molecule is Nc1ncnc2c3c(n(-c4ccc(NC(=O)Cc5cccc(Cl)c5F)cc4)c12)CCC3. The number of halogens is 2. The van der Waals surface area contributed by atoms with E-state index < -0.39 is 5.82 Å². The van der Waals surface area contributed by atoms with E-state index in [1.807, 2.05) is 24.3 Å². The molecule has 2 aromatic carbocycles. The average molecular weight is 436 g/mol. The van der Waals surface area contributed by atoms with Gasteiger partial charge in [0.1, 0.15) is 17.7 Å². The van der Waals surface area contributed by atoms with Gasteiger partial charge in [0.25, 0.3) is 0 Å². The van der Waals surface area contributed by atoms with Crippen molar-refractivity contribution in [3.8, 4) is 5.69 Å². The standard InChI is InChI=1S/C23H19ClFN5O/c24-17-5-1-3-13(20(17)25)11-19(31)29-14-7-9-15(10-8-14)30-18-6-2-4-16(18)21-22(30)23(26)28-12-27-21/h1,3,5,7-10,12H,2,4,6,11H2,(H,29,31)(H2,26,27,28). The Hall–Kier alpha value is -3.45. The van der Waals surface area contributed by atoms with Gasteiger partial charge in [-0.3, -0.25) is 4.79 Å². The van der Waals surface area contributed by atoms with E-state index in [0.717, 1.165) is 36.0 Å². The highest BCUT2D eigenvalue weighted by atomic mass is 35.5. The number of nitrogens with one attached hydrogen (secondary N) is 1. The number of fused-ring (bicyclic) bond motifs is 3. The number of benzene rings is 2. The fourth-order valence-electron chi connectivity index (χ4n) is 4.24. The van der Waals surface area contributed by atoms with Crippen molar-refractivity contribution in [1.29, 1.82) is 0 Å². The smallest absolute Gasteiger partial charge is 0.228 e. The molecule has 31 heavy (non-hydrogen) atoms. The molecule has 0 saturated carbocycles. The van der Waals surface area contributed by atoms with Gasteiger partial charge in [-0.2, -0.15) is 0 Å². The number of nitrogens with zero attached hydrogens (tertiary/aromatic N) is 3. The molecule has 0 unspecified atom stereocenters. The molecule has 1 aliphatic carbocycles. The molecule has 0 bridgehead atoms. The topological polar surface area (TPSA) is 85.8 Å². The molecule has 0 atom stereocenters. The van der Waals surface area contributed by atoms with Gasteiger partial charge in [-0.25, -0.2) is 14.4 Å².